The van der Waals surface area contributed by atoms with E-state index in [1.807, 2.05) is 0 Å². The fourth-order valence-electron chi connectivity index (χ4n) is 1.83. The van der Waals surface area contributed by atoms with Crippen LogP contribution in [-0.2, 0) is 0 Å². The van der Waals surface area contributed by atoms with Crippen LogP contribution in [0, 0.1) is 5.92 Å². The zero-order chi connectivity index (χ0) is 11.0. The van der Waals surface area contributed by atoms with Gasteiger partial charge in [-0.15, -0.1) is 0 Å². The molecule has 2 rings (SSSR count). The van der Waals surface area contributed by atoms with Crippen molar-refractivity contribution in [2.75, 3.05) is 12.3 Å². The van der Waals surface area contributed by atoms with Gasteiger partial charge in [-0.3, -0.25) is 4.57 Å². The first-order chi connectivity index (χ1) is 7.13. The van der Waals surface area contributed by atoms with Gasteiger partial charge in [0.05, 0.1) is 6.04 Å². The van der Waals surface area contributed by atoms with Crippen LogP contribution in [0.15, 0.2) is 29.2 Å². The Kier molecular flexibility index (Phi) is 2.32. The molecule has 0 saturated heterocycles. The van der Waals surface area contributed by atoms with Gasteiger partial charge in [0.25, 0.3) is 0 Å². The number of nitrogens with two attached hydrogens (primary N) is 1. The molecule has 1 aliphatic carbocycles. The summed E-state index contributed by atoms with van der Waals surface area (Å²) >= 11 is 0. The fourth-order valence-corrected chi connectivity index (χ4v) is 1.83. The third kappa shape index (κ3) is 1.55. The molecule has 0 aromatic carbocycles. The number of nitrogens with zero attached hydrogens (tertiary/aromatic N) is 2. The van der Waals surface area contributed by atoms with Crippen LogP contribution in [0.3, 0.4) is 0 Å². The molecule has 0 spiro atoms. The standard InChI is InChI=1S/C10H13N3O2/c1-6-7(5-14)4-8(6)13-3-2-9(11)12-10(13)15/h2-3,7-8,14H,1,4-5H2,(H2,11,12,15)/t7?,8-/m0/s1. The summed E-state index contributed by atoms with van der Waals surface area (Å²) in [6, 6.07) is 1.55. The predicted molar refractivity (Wildman–Crippen MR) is 56.3 cm³/mol. The van der Waals surface area contributed by atoms with E-state index in [2.05, 4.69) is 11.6 Å². The minimum atomic E-state index is -0.363. The average molecular weight is 207 g/mol. The van der Waals surface area contributed by atoms with Crippen LogP contribution in [0.25, 0.3) is 0 Å². The van der Waals surface area contributed by atoms with Crippen molar-refractivity contribution in [1.29, 1.82) is 0 Å². The quantitative estimate of drug-likeness (QED) is 0.665. The lowest BCUT2D eigenvalue weighted by Gasteiger charge is -2.38. The lowest BCUT2D eigenvalue weighted by atomic mass is 9.76. The van der Waals surface area contributed by atoms with Gasteiger partial charge in [-0.05, 0) is 18.1 Å². The lowest BCUT2D eigenvalue weighted by Crippen LogP contribution is -2.38. The van der Waals surface area contributed by atoms with Crippen LogP contribution in [0.1, 0.15) is 12.5 Å². The summed E-state index contributed by atoms with van der Waals surface area (Å²) in [4.78, 5) is 15.1. The second-order valence-corrected chi connectivity index (χ2v) is 3.75. The third-order valence-electron chi connectivity index (χ3n) is 2.87. The van der Waals surface area contributed by atoms with E-state index in [-0.39, 0.29) is 30.1 Å². The second-order valence-electron chi connectivity index (χ2n) is 3.75. The topological polar surface area (TPSA) is 81.1 Å². The van der Waals surface area contributed by atoms with Gasteiger partial charge in [0.1, 0.15) is 5.82 Å². The maximum atomic E-state index is 11.5. The Morgan fingerprint density at radius 2 is 2.47 bits per heavy atom. The Bertz CT molecular complexity index is 452. The molecular formula is C10H13N3O2. The Hall–Kier alpha value is -1.62. The fraction of sp³-hybridized carbons (Fsp3) is 0.400. The van der Waals surface area contributed by atoms with E-state index in [1.54, 1.807) is 12.3 Å². The summed E-state index contributed by atoms with van der Waals surface area (Å²) in [5.41, 5.74) is 5.91. The van der Waals surface area contributed by atoms with Gasteiger partial charge in [-0.1, -0.05) is 6.58 Å². The Morgan fingerprint density at radius 1 is 1.73 bits per heavy atom. The Labute approximate surface area is 86.9 Å². The van der Waals surface area contributed by atoms with E-state index in [9.17, 15) is 4.79 Å². The maximum Gasteiger partial charge on any atom is 0.350 e. The molecule has 1 unspecified atom stereocenters. The highest BCUT2D eigenvalue weighted by Gasteiger charge is 2.34. The maximum absolute atomic E-state index is 11.5. The molecule has 0 radical (unpaired) electrons. The summed E-state index contributed by atoms with van der Waals surface area (Å²) in [6.45, 7) is 3.95. The van der Waals surface area contributed by atoms with Crippen molar-refractivity contribution >= 4 is 5.82 Å². The van der Waals surface area contributed by atoms with Crippen LogP contribution in [0.5, 0.6) is 0 Å². The van der Waals surface area contributed by atoms with E-state index < -0.39 is 0 Å². The second kappa shape index (κ2) is 3.51. The van der Waals surface area contributed by atoms with Gasteiger partial charge in [-0.25, -0.2) is 4.79 Å². The molecule has 5 nitrogen and oxygen atoms in total. The SMILES string of the molecule is C=C1C(CO)C[C@@H]1n1ccc(N)nc1=O. The molecule has 0 amide bonds. The van der Waals surface area contributed by atoms with Crippen molar-refractivity contribution in [2.24, 2.45) is 5.92 Å². The van der Waals surface area contributed by atoms with Gasteiger partial charge < -0.3 is 10.8 Å². The number of rotatable bonds is 2. The number of aliphatic hydroxyl groups excluding tert-OH is 1. The van der Waals surface area contributed by atoms with Crippen LogP contribution in [-0.4, -0.2) is 21.3 Å². The van der Waals surface area contributed by atoms with E-state index in [4.69, 9.17) is 10.8 Å². The molecule has 1 aromatic heterocycles. The van der Waals surface area contributed by atoms with Gasteiger partial charge in [0.15, 0.2) is 0 Å². The molecule has 5 heteroatoms. The number of hydrogen-bond donors (Lipinski definition) is 2. The zero-order valence-electron chi connectivity index (χ0n) is 8.26. The average Bonchev–Trinajstić information content (AvgIpc) is 2.20. The minimum Gasteiger partial charge on any atom is -0.396 e. The number of aliphatic hydroxyl groups is 1. The molecule has 1 aromatic rings. The van der Waals surface area contributed by atoms with Crippen molar-refractivity contribution in [3.63, 3.8) is 0 Å². The largest absolute Gasteiger partial charge is 0.396 e. The molecule has 2 atom stereocenters. The number of anilines is 1. The number of aromatic nitrogens is 2. The molecule has 1 fully saturated rings. The van der Waals surface area contributed by atoms with Crippen molar-refractivity contribution in [3.8, 4) is 0 Å². The predicted octanol–water partition coefficient (Wildman–Crippen LogP) is -0.0650. The molecule has 0 aliphatic heterocycles. The van der Waals surface area contributed by atoms with E-state index in [1.165, 1.54) is 4.57 Å². The zero-order valence-corrected chi connectivity index (χ0v) is 8.26. The number of nitrogen functional groups attached to an aromatic ring is 1. The highest BCUT2D eigenvalue weighted by atomic mass is 16.3. The lowest BCUT2D eigenvalue weighted by molar-refractivity contribution is 0.176. The smallest absolute Gasteiger partial charge is 0.350 e. The first kappa shape index (κ1) is 9.92. The highest BCUT2D eigenvalue weighted by Crippen LogP contribution is 2.40. The van der Waals surface area contributed by atoms with Crippen LogP contribution in [0.2, 0.25) is 0 Å². The normalized spacial score (nSPS) is 25.0. The third-order valence-corrected chi connectivity index (χ3v) is 2.87. The summed E-state index contributed by atoms with van der Waals surface area (Å²) in [7, 11) is 0. The monoisotopic (exact) mass is 207 g/mol. The molecule has 3 N–H and O–H groups in total. The summed E-state index contributed by atoms with van der Waals surface area (Å²) < 4.78 is 1.50. The van der Waals surface area contributed by atoms with E-state index in [0.29, 0.717) is 0 Å². The summed E-state index contributed by atoms with van der Waals surface area (Å²) in [6.07, 6.45) is 2.36. The summed E-state index contributed by atoms with van der Waals surface area (Å²) in [5.74, 6) is 0.333. The van der Waals surface area contributed by atoms with E-state index >= 15 is 0 Å². The molecular weight excluding hydrogens is 194 g/mol. The van der Waals surface area contributed by atoms with Crippen molar-refractivity contribution < 1.29 is 5.11 Å². The molecule has 1 heterocycles. The van der Waals surface area contributed by atoms with Crippen LogP contribution < -0.4 is 11.4 Å². The van der Waals surface area contributed by atoms with Crippen molar-refractivity contribution in [2.45, 2.75) is 12.5 Å². The molecule has 1 saturated carbocycles. The Morgan fingerprint density at radius 3 is 3.00 bits per heavy atom. The van der Waals surface area contributed by atoms with Gasteiger partial charge in [-0.2, -0.15) is 4.98 Å². The van der Waals surface area contributed by atoms with Crippen LogP contribution in [0.4, 0.5) is 5.82 Å². The molecule has 1 aliphatic rings. The molecule has 80 valence electrons. The first-order valence-corrected chi connectivity index (χ1v) is 4.77. The molecule has 15 heavy (non-hydrogen) atoms. The minimum absolute atomic E-state index is 0.0391. The highest BCUT2D eigenvalue weighted by molar-refractivity contribution is 5.26. The van der Waals surface area contributed by atoms with Crippen molar-refractivity contribution in [1.82, 2.24) is 9.55 Å². The van der Waals surface area contributed by atoms with Gasteiger partial charge in [0, 0.05) is 18.7 Å². The number of hydrogen-bond acceptors (Lipinski definition) is 4. The Balaban J connectivity index is 2.26. The van der Waals surface area contributed by atoms with Crippen molar-refractivity contribution in [3.05, 3.63) is 34.9 Å². The van der Waals surface area contributed by atoms with Gasteiger partial charge in [0.2, 0.25) is 0 Å². The van der Waals surface area contributed by atoms with Gasteiger partial charge >= 0.3 is 5.69 Å². The first-order valence-electron chi connectivity index (χ1n) is 4.77. The summed E-state index contributed by atoms with van der Waals surface area (Å²) in [5, 5.41) is 8.95. The van der Waals surface area contributed by atoms with Crippen LogP contribution >= 0.6 is 0 Å². The molecule has 0 bridgehead atoms. The van der Waals surface area contributed by atoms with E-state index in [0.717, 1.165) is 12.0 Å².